The van der Waals surface area contributed by atoms with Gasteiger partial charge in [0.1, 0.15) is 11.3 Å². The lowest BCUT2D eigenvalue weighted by Gasteiger charge is -2.23. The Morgan fingerprint density at radius 3 is 2.75 bits per heavy atom. The van der Waals surface area contributed by atoms with Crippen molar-refractivity contribution < 1.29 is 8.63 Å². The molecular formula is C15H18N2O2S. The topological polar surface area (TPSA) is 80.0 Å². The van der Waals surface area contributed by atoms with E-state index in [1.807, 2.05) is 26.8 Å². The fourth-order valence-electron chi connectivity index (χ4n) is 2.30. The first kappa shape index (κ1) is 14.8. The molecule has 0 radical (unpaired) electrons. The highest BCUT2D eigenvalue weighted by Crippen LogP contribution is 2.32. The molecule has 1 aromatic carbocycles. The summed E-state index contributed by atoms with van der Waals surface area (Å²) in [6.07, 6.45) is 0.668. The van der Waals surface area contributed by atoms with Gasteiger partial charge in [-0.2, -0.15) is 5.26 Å². The fourth-order valence-corrected chi connectivity index (χ4v) is 2.71. The minimum absolute atomic E-state index is 0.107. The number of hydrogen-bond donors (Lipinski definition) is 1. The number of fused-ring (bicyclic) bond motifs is 1. The van der Waals surface area contributed by atoms with Gasteiger partial charge in [0, 0.05) is 11.3 Å². The number of furan rings is 1. The molecule has 0 amide bonds. The van der Waals surface area contributed by atoms with Crippen molar-refractivity contribution >= 4 is 22.0 Å². The van der Waals surface area contributed by atoms with E-state index in [-0.39, 0.29) is 5.92 Å². The van der Waals surface area contributed by atoms with Crippen LogP contribution in [0.15, 0.2) is 28.7 Å². The third-order valence-electron chi connectivity index (χ3n) is 3.49. The lowest BCUT2D eigenvalue weighted by molar-refractivity contribution is 0.455. The van der Waals surface area contributed by atoms with Gasteiger partial charge in [-0.05, 0) is 44.5 Å². The molecule has 0 fully saturated rings. The smallest absolute Gasteiger partial charge is 0.134 e. The Bertz CT molecular complexity index is 697. The highest BCUT2D eigenvalue weighted by atomic mass is 32.2. The number of nitrogens with two attached hydrogens (primary N) is 1. The normalized spacial score (nSPS) is 14.9. The molecule has 1 unspecified atom stereocenters. The third kappa shape index (κ3) is 2.92. The van der Waals surface area contributed by atoms with E-state index in [1.54, 1.807) is 18.2 Å². The quantitative estimate of drug-likeness (QED) is 0.939. The second-order valence-electron chi connectivity index (χ2n) is 5.68. The number of hydrogen-bond acceptors (Lipinski definition) is 3. The first-order chi connectivity index (χ1) is 9.33. The second kappa shape index (κ2) is 5.39. The molecule has 0 spiro atoms. The highest BCUT2D eigenvalue weighted by Gasteiger charge is 2.28. The standard InChI is InChI=1S/C15H18N2O2S/c1-10(8-15(2,3)20(17)18)14-7-12-6-11(9-16)4-5-13(12)19-14/h4-7,10H,8,17H2,1-3H3/t10-,20?/m1/s1. The Balaban J connectivity index is 2.29. The van der Waals surface area contributed by atoms with E-state index < -0.39 is 15.7 Å². The van der Waals surface area contributed by atoms with E-state index in [1.165, 1.54) is 0 Å². The minimum atomic E-state index is -1.38. The van der Waals surface area contributed by atoms with Crippen molar-refractivity contribution in [2.75, 3.05) is 0 Å². The Labute approximate surface area is 121 Å². The van der Waals surface area contributed by atoms with Gasteiger partial charge in [-0.1, -0.05) is 6.92 Å². The highest BCUT2D eigenvalue weighted by molar-refractivity contribution is 7.84. The SMILES string of the molecule is C[C@H](CC(C)(C)S(N)=O)c1cc2cc(C#N)ccc2o1. The molecule has 2 rings (SSSR count). The van der Waals surface area contributed by atoms with Gasteiger partial charge >= 0.3 is 0 Å². The van der Waals surface area contributed by atoms with E-state index in [2.05, 4.69) is 6.07 Å². The van der Waals surface area contributed by atoms with E-state index >= 15 is 0 Å². The zero-order chi connectivity index (χ0) is 14.9. The van der Waals surface area contributed by atoms with Crippen LogP contribution >= 0.6 is 0 Å². The summed E-state index contributed by atoms with van der Waals surface area (Å²) < 4.78 is 16.9. The Morgan fingerprint density at radius 2 is 2.15 bits per heavy atom. The number of nitrogens with zero attached hydrogens (tertiary/aromatic N) is 1. The average Bonchev–Trinajstić information content (AvgIpc) is 2.80. The molecule has 0 saturated heterocycles. The summed E-state index contributed by atoms with van der Waals surface area (Å²) in [5.74, 6) is 0.934. The molecule has 106 valence electrons. The number of nitriles is 1. The Morgan fingerprint density at radius 1 is 1.45 bits per heavy atom. The fraction of sp³-hybridized carbons (Fsp3) is 0.400. The van der Waals surface area contributed by atoms with Gasteiger partial charge in [0.15, 0.2) is 0 Å². The van der Waals surface area contributed by atoms with Crippen molar-refractivity contribution in [2.45, 2.75) is 37.9 Å². The molecular weight excluding hydrogens is 272 g/mol. The van der Waals surface area contributed by atoms with E-state index in [9.17, 15) is 4.21 Å². The van der Waals surface area contributed by atoms with Gasteiger partial charge in [-0.25, -0.2) is 4.21 Å². The zero-order valence-electron chi connectivity index (χ0n) is 11.8. The molecule has 1 aromatic heterocycles. The van der Waals surface area contributed by atoms with Crippen LogP contribution in [0.25, 0.3) is 11.0 Å². The van der Waals surface area contributed by atoms with Crippen LogP contribution in [0, 0.1) is 11.3 Å². The van der Waals surface area contributed by atoms with Crippen LogP contribution in [-0.2, 0) is 11.0 Å². The van der Waals surface area contributed by atoms with Crippen molar-refractivity contribution in [1.29, 1.82) is 5.26 Å². The van der Waals surface area contributed by atoms with Gasteiger partial charge in [-0.3, -0.25) is 5.14 Å². The van der Waals surface area contributed by atoms with E-state index in [4.69, 9.17) is 14.8 Å². The molecule has 0 aliphatic heterocycles. The van der Waals surface area contributed by atoms with Gasteiger partial charge in [-0.15, -0.1) is 0 Å². The Kier molecular flexibility index (Phi) is 3.98. The van der Waals surface area contributed by atoms with Crippen molar-refractivity contribution in [2.24, 2.45) is 5.14 Å². The summed E-state index contributed by atoms with van der Waals surface area (Å²) in [5.41, 5.74) is 1.37. The maximum Gasteiger partial charge on any atom is 0.134 e. The first-order valence-corrected chi connectivity index (χ1v) is 7.64. The minimum Gasteiger partial charge on any atom is -0.461 e. The monoisotopic (exact) mass is 290 g/mol. The van der Waals surface area contributed by atoms with Crippen LogP contribution < -0.4 is 5.14 Å². The van der Waals surface area contributed by atoms with Crippen LogP contribution in [0.3, 0.4) is 0 Å². The molecule has 5 heteroatoms. The summed E-state index contributed by atoms with van der Waals surface area (Å²) in [6, 6.07) is 9.40. The lowest BCUT2D eigenvalue weighted by Crippen LogP contribution is -2.33. The molecule has 2 aromatic rings. The van der Waals surface area contributed by atoms with Gasteiger partial charge in [0.25, 0.3) is 0 Å². The van der Waals surface area contributed by atoms with Crippen LogP contribution in [0.5, 0.6) is 0 Å². The number of benzene rings is 1. The molecule has 4 nitrogen and oxygen atoms in total. The largest absolute Gasteiger partial charge is 0.461 e. The van der Waals surface area contributed by atoms with E-state index in [0.717, 1.165) is 16.7 Å². The molecule has 2 N–H and O–H groups in total. The van der Waals surface area contributed by atoms with Gasteiger partial charge in [0.05, 0.1) is 27.4 Å². The van der Waals surface area contributed by atoms with Crippen LogP contribution in [0.1, 0.15) is 44.4 Å². The lowest BCUT2D eigenvalue weighted by atomic mass is 9.96. The van der Waals surface area contributed by atoms with Crippen LogP contribution in [0.2, 0.25) is 0 Å². The summed E-state index contributed by atoms with van der Waals surface area (Å²) in [6.45, 7) is 5.80. The summed E-state index contributed by atoms with van der Waals surface area (Å²) in [4.78, 5) is 0. The van der Waals surface area contributed by atoms with Gasteiger partial charge < -0.3 is 4.42 Å². The molecule has 0 aliphatic carbocycles. The van der Waals surface area contributed by atoms with Crippen molar-refractivity contribution in [3.05, 3.63) is 35.6 Å². The maximum absolute atomic E-state index is 11.5. The van der Waals surface area contributed by atoms with Crippen LogP contribution in [0.4, 0.5) is 0 Å². The Hall–Kier alpha value is -1.64. The molecule has 0 bridgehead atoms. The molecule has 2 atom stereocenters. The molecule has 0 saturated carbocycles. The zero-order valence-corrected chi connectivity index (χ0v) is 12.7. The summed E-state index contributed by atoms with van der Waals surface area (Å²) in [5, 5.41) is 15.3. The third-order valence-corrected chi connectivity index (χ3v) is 4.75. The van der Waals surface area contributed by atoms with Crippen molar-refractivity contribution in [3.8, 4) is 6.07 Å². The van der Waals surface area contributed by atoms with Crippen LogP contribution in [-0.4, -0.2) is 8.96 Å². The van der Waals surface area contributed by atoms with Crippen molar-refractivity contribution in [3.63, 3.8) is 0 Å². The second-order valence-corrected chi connectivity index (χ2v) is 7.38. The number of rotatable bonds is 4. The maximum atomic E-state index is 11.5. The molecule has 0 aliphatic rings. The van der Waals surface area contributed by atoms with Crippen molar-refractivity contribution in [1.82, 2.24) is 0 Å². The van der Waals surface area contributed by atoms with E-state index in [0.29, 0.717) is 12.0 Å². The average molecular weight is 290 g/mol. The summed E-state index contributed by atoms with van der Waals surface area (Å²) >= 11 is 0. The molecule has 20 heavy (non-hydrogen) atoms. The summed E-state index contributed by atoms with van der Waals surface area (Å²) in [7, 11) is -1.38. The predicted octanol–water partition coefficient (Wildman–Crippen LogP) is 3.20. The van der Waals surface area contributed by atoms with Gasteiger partial charge in [0.2, 0.25) is 0 Å². The first-order valence-electron chi connectivity index (χ1n) is 6.43. The predicted molar refractivity (Wildman–Crippen MR) is 80.4 cm³/mol. The molecule has 1 heterocycles.